The first-order chi connectivity index (χ1) is 8.83. The number of rotatable bonds is 3. The van der Waals surface area contributed by atoms with E-state index >= 15 is 0 Å². The van der Waals surface area contributed by atoms with Crippen LogP contribution in [0.4, 0.5) is 0 Å². The summed E-state index contributed by atoms with van der Waals surface area (Å²) in [6, 6.07) is 0.611. The third kappa shape index (κ3) is 3.50. The summed E-state index contributed by atoms with van der Waals surface area (Å²) in [7, 11) is 1.84. The third-order valence-electron chi connectivity index (χ3n) is 4.52. The highest BCUT2D eigenvalue weighted by molar-refractivity contribution is 5.80. The van der Waals surface area contributed by atoms with Crippen molar-refractivity contribution >= 4 is 5.96 Å². The van der Waals surface area contributed by atoms with E-state index in [1.54, 1.807) is 0 Å². The van der Waals surface area contributed by atoms with E-state index in [9.17, 15) is 0 Å². The molecule has 3 unspecified atom stereocenters. The van der Waals surface area contributed by atoms with E-state index in [4.69, 9.17) is 0 Å². The van der Waals surface area contributed by atoms with Crippen molar-refractivity contribution in [3.63, 3.8) is 0 Å². The number of guanidine groups is 1. The molecule has 2 fully saturated rings. The first kappa shape index (κ1) is 13.4. The van der Waals surface area contributed by atoms with Crippen molar-refractivity contribution in [3.05, 3.63) is 12.7 Å². The molecule has 0 radical (unpaired) electrons. The smallest absolute Gasteiger partial charge is 0.191 e. The van der Waals surface area contributed by atoms with Gasteiger partial charge < -0.3 is 10.6 Å². The number of aliphatic imine (C=N–C) groups is 1. The van der Waals surface area contributed by atoms with Crippen molar-refractivity contribution in [3.8, 4) is 0 Å². The van der Waals surface area contributed by atoms with Crippen molar-refractivity contribution in [2.75, 3.05) is 13.6 Å². The molecule has 0 heterocycles. The van der Waals surface area contributed by atoms with Crippen LogP contribution < -0.4 is 10.6 Å². The van der Waals surface area contributed by atoms with Crippen LogP contribution in [0.25, 0.3) is 0 Å². The highest BCUT2D eigenvalue weighted by atomic mass is 15.2. The minimum atomic E-state index is 0.611. The molecule has 0 aromatic carbocycles. The SMILES string of the molecule is C=CCNC(=NC)NC1CCC2CCCCC2C1. The Morgan fingerprint density at radius 1 is 1.22 bits per heavy atom. The van der Waals surface area contributed by atoms with E-state index in [0.717, 1.165) is 24.3 Å². The highest BCUT2D eigenvalue weighted by Crippen LogP contribution is 2.40. The molecule has 3 heteroatoms. The van der Waals surface area contributed by atoms with Crippen LogP contribution in [0.1, 0.15) is 44.9 Å². The van der Waals surface area contributed by atoms with Crippen LogP contribution in [0.5, 0.6) is 0 Å². The standard InChI is InChI=1S/C15H27N3/c1-3-10-17-15(16-2)18-14-9-8-12-6-4-5-7-13(12)11-14/h3,12-14H,1,4-11H2,2H3,(H2,16,17,18). The van der Waals surface area contributed by atoms with Gasteiger partial charge >= 0.3 is 0 Å². The first-order valence-electron chi connectivity index (χ1n) is 7.41. The lowest BCUT2D eigenvalue weighted by molar-refractivity contribution is 0.150. The van der Waals surface area contributed by atoms with E-state index in [2.05, 4.69) is 22.2 Å². The Hall–Kier alpha value is -0.990. The van der Waals surface area contributed by atoms with Gasteiger partial charge in [0.1, 0.15) is 0 Å². The maximum Gasteiger partial charge on any atom is 0.191 e. The van der Waals surface area contributed by atoms with Crippen molar-refractivity contribution in [2.45, 2.75) is 51.0 Å². The number of hydrogen-bond donors (Lipinski definition) is 2. The summed E-state index contributed by atoms with van der Waals surface area (Å²) >= 11 is 0. The van der Waals surface area contributed by atoms with Crippen molar-refractivity contribution in [1.82, 2.24) is 10.6 Å². The molecule has 0 aromatic rings. The van der Waals surface area contributed by atoms with Crippen LogP contribution in [-0.4, -0.2) is 25.6 Å². The van der Waals surface area contributed by atoms with Gasteiger partial charge in [-0.2, -0.15) is 0 Å². The normalized spacial score (nSPS) is 32.5. The Labute approximate surface area is 111 Å². The Balaban J connectivity index is 1.81. The largest absolute Gasteiger partial charge is 0.354 e. The van der Waals surface area contributed by atoms with Gasteiger partial charge in [-0.15, -0.1) is 6.58 Å². The first-order valence-corrected chi connectivity index (χ1v) is 7.41. The lowest BCUT2D eigenvalue weighted by Gasteiger charge is -2.39. The zero-order valence-electron chi connectivity index (χ0n) is 11.6. The molecule has 0 saturated heterocycles. The predicted octanol–water partition coefficient (Wildman–Crippen LogP) is 2.70. The molecular formula is C15H27N3. The molecule has 2 rings (SSSR count). The van der Waals surface area contributed by atoms with Gasteiger partial charge in [-0.05, 0) is 31.1 Å². The summed E-state index contributed by atoms with van der Waals surface area (Å²) in [5, 5.41) is 6.82. The van der Waals surface area contributed by atoms with E-state index in [1.807, 2.05) is 13.1 Å². The maximum atomic E-state index is 4.27. The molecule has 0 spiro atoms. The predicted molar refractivity (Wildman–Crippen MR) is 77.8 cm³/mol. The molecule has 2 aliphatic carbocycles. The van der Waals surface area contributed by atoms with Crippen LogP contribution >= 0.6 is 0 Å². The Bertz CT molecular complexity index is 298. The fourth-order valence-corrected chi connectivity index (χ4v) is 3.56. The molecule has 0 aromatic heterocycles. The number of fused-ring (bicyclic) bond motifs is 1. The van der Waals surface area contributed by atoms with Gasteiger partial charge in [0, 0.05) is 19.6 Å². The molecule has 2 saturated carbocycles. The average molecular weight is 249 g/mol. The van der Waals surface area contributed by atoms with Gasteiger partial charge in [0.2, 0.25) is 0 Å². The molecule has 0 amide bonds. The van der Waals surface area contributed by atoms with Crippen LogP contribution in [-0.2, 0) is 0 Å². The molecule has 3 atom stereocenters. The molecule has 0 bridgehead atoms. The molecule has 0 aliphatic heterocycles. The lowest BCUT2D eigenvalue weighted by Crippen LogP contribution is -2.46. The Morgan fingerprint density at radius 3 is 2.72 bits per heavy atom. The number of nitrogens with zero attached hydrogens (tertiary/aromatic N) is 1. The minimum absolute atomic E-state index is 0.611. The molecule has 2 N–H and O–H groups in total. The summed E-state index contributed by atoms with van der Waals surface area (Å²) < 4.78 is 0. The zero-order valence-corrected chi connectivity index (χ0v) is 11.6. The molecule has 102 valence electrons. The van der Waals surface area contributed by atoms with Crippen LogP contribution in [0.15, 0.2) is 17.6 Å². The van der Waals surface area contributed by atoms with Gasteiger partial charge in [0.25, 0.3) is 0 Å². The molecular weight excluding hydrogens is 222 g/mol. The highest BCUT2D eigenvalue weighted by Gasteiger charge is 2.32. The second-order valence-electron chi connectivity index (χ2n) is 5.70. The fraction of sp³-hybridized carbons (Fsp3) is 0.800. The quantitative estimate of drug-likeness (QED) is 0.458. The van der Waals surface area contributed by atoms with Gasteiger partial charge in [0.15, 0.2) is 5.96 Å². The summed E-state index contributed by atoms with van der Waals surface area (Å²) in [6.45, 7) is 4.50. The zero-order chi connectivity index (χ0) is 12.8. The average Bonchev–Trinajstić information content (AvgIpc) is 2.43. The minimum Gasteiger partial charge on any atom is -0.354 e. The Kier molecular flexibility index (Phi) is 5.09. The Morgan fingerprint density at radius 2 is 2.00 bits per heavy atom. The number of nitrogens with one attached hydrogen (secondary N) is 2. The van der Waals surface area contributed by atoms with Crippen LogP contribution in [0.3, 0.4) is 0 Å². The summed E-state index contributed by atoms with van der Waals surface area (Å²) in [5.41, 5.74) is 0. The number of hydrogen-bond acceptors (Lipinski definition) is 1. The fourth-order valence-electron chi connectivity index (χ4n) is 3.56. The summed E-state index contributed by atoms with van der Waals surface area (Å²) in [4.78, 5) is 4.27. The van der Waals surface area contributed by atoms with Crippen molar-refractivity contribution < 1.29 is 0 Å². The third-order valence-corrected chi connectivity index (χ3v) is 4.52. The second kappa shape index (κ2) is 6.81. The summed E-state index contributed by atoms with van der Waals surface area (Å²) in [5.74, 6) is 2.90. The van der Waals surface area contributed by atoms with E-state index < -0.39 is 0 Å². The van der Waals surface area contributed by atoms with E-state index in [-0.39, 0.29) is 0 Å². The lowest BCUT2D eigenvalue weighted by atomic mass is 9.69. The maximum absolute atomic E-state index is 4.27. The topological polar surface area (TPSA) is 36.4 Å². The van der Waals surface area contributed by atoms with E-state index in [1.165, 1.54) is 44.9 Å². The monoisotopic (exact) mass is 249 g/mol. The summed E-state index contributed by atoms with van der Waals surface area (Å²) in [6.07, 6.45) is 11.7. The second-order valence-corrected chi connectivity index (χ2v) is 5.70. The molecule has 3 nitrogen and oxygen atoms in total. The van der Waals surface area contributed by atoms with E-state index in [0.29, 0.717) is 6.04 Å². The van der Waals surface area contributed by atoms with Gasteiger partial charge in [-0.3, -0.25) is 4.99 Å². The molecule has 18 heavy (non-hydrogen) atoms. The van der Waals surface area contributed by atoms with Crippen molar-refractivity contribution in [1.29, 1.82) is 0 Å². The van der Waals surface area contributed by atoms with Crippen molar-refractivity contribution in [2.24, 2.45) is 16.8 Å². The molecule has 2 aliphatic rings. The van der Waals surface area contributed by atoms with Gasteiger partial charge in [0.05, 0.1) is 0 Å². The van der Waals surface area contributed by atoms with Crippen LogP contribution in [0.2, 0.25) is 0 Å². The van der Waals surface area contributed by atoms with Gasteiger partial charge in [-0.25, -0.2) is 0 Å². The van der Waals surface area contributed by atoms with Gasteiger partial charge in [-0.1, -0.05) is 31.8 Å². The van der Waals surface area contributed by atoms with Crippen LogP contribution in [0, 0.1) is 11.8 Å².